The molecule has 5 nitrogen and oxygen atoms in total. The average Bonchev–Trinajstić information content (AvgIpc) is 3.18. The quantitative estimate of drug-likeness (QED) is 0.509. The fourth-order valence-electron chi connectivity index (χ4n) is 3.65. The van der Waals surface area contributed by atoms with Crippen LogP contribution < -0.4 is 10.6 Å². The van der Waals surface area contributed by atoms with E-state index in [2.05, 4.69) is 31.7 Å². The molecule has 0 radical (unpaired) electrons. The predicted molar refractivity (Wildman–Crippen MR) is 115 cm³/mol. The Hall–Kier alpha value is -2.81. The van der Waals surface area contributed by atoms with E-state index >= 15 is 0 Å². The topological polar surface area (TPSA) is 59.0 Å². The number of nitrogens with zero attached hydrogens (tertiary/aromatic N) is 2. The lowest BCUT2D eigenvalue weighted by atomic mass is 9.97. The largest absolute Gasteiger partial charge is 0.410 e. The molecule has 162 valence electrons. The van der Waals surface area contributed by atoms with Gasteiger partial charge < -0.3 is 10.6 Å². The summed E-state index contributed by atoms with van der Waals surface area (Å²) in [7, 11) is 0. The van der Waals surface area contributed by atoms with Crippen LogP contribution in [-0.4, -0.2) is 28.4 Å². The van der Waals surface area contributed by atoms with E-state index in [1.54, 1.807) is 24.3 Å². The third kappa shape index (κ3) is 4.92. The minimum atomic E-state index is -4.49. The Balaban J connectivity index is 1.52. The first-order valence-corrected chi connectivity index (χ1v) is 10.6. The highest BCUT2D eigenvalue weighted by molar-refractivity contribution is 9.10. The molecule has 1 aliphatic heterocycles. The van der Waals surface area contributed by atoms with Gasteiger partial charge in [0.25, 0.3) is 5.91 Å². The lowest BCUT2D eigenvalue weighted by molar-refractivity contribution is -0.173. The van der Waals surface area contributed by atoms with Gasteiger partial charge in [-0.2, -0.15) is 18.3 Å². The maximum atomic E-state index is 13.8. The molecule has 2 atom stereocenters. The second kappa shape index (κ2) is 8.74. The van der Waals surface area contributed by atoms with Gasteiger partial charge in [-0.15, -0.1) is 0 Å². The number of carbonyl (C=O) groups excluding carboxylic acids is 1. The van der Waals surface area contributed by atoms with Crippen molar-refractivity contribution in [3.05, 3.63) is 82.0 Å². The number of hydrogen-bond donors (Lipinski definition) is 2. The van der Waals surface area contributed by atoms with Gasteiger partial charge >= 0.3 is 6.18 Å². The van der Waals surface area contributed by atoms with Crippen molar-refractivity contribution < 1.29 is 18.0 Å². The first kappa shape index (κ1) is 21.4. The highest BCUT2D eigenvalue weighted by Gasteiger charge is 2.46. The number of anilines is 1. The van der Waals surface area contributed by atoms with Gasteiger partial charge in [-0.05, 0) is 29.7 Å². The highest BCUT2D eigenvalue weighted by atomic mass is 79.9. The Morgan fingerprint density at radius 1 is 1.16 bits per heavy atom. The molecule has 2 unspecified atom stereocenters. The van der Waals surface area contributed by atoms with Gasteiger partial charge in [0.2, 0.25) is 0 Å². The van der Waals surface area contributed by atoms with Crippen LogP contribution in [0.25, 0.3) is 0 Å². The first-order valence-electron chi connectivity index (χ1n) is 9.81. The van der Waals surface area contributed by atoms with Crippen LogP contribution in [0.4, 0.5) is 19.0 Å². The van der Waals surface area contributed by atoms with Gasteiger partial charge in [-0.3, -0.25) is 4.79 Å². The van der Waals surface area contributed by atoms with Crippen LogP contribution in [0, 0.1) is 0 Å². The second-order valence-corrected chi connectivity index (χ2v) is 8.31. The van der Waals surface area contributed by atoms with E-state index in [0.717, 1.165) is 20.3 Å². The molecular formula is C22H20BrF3N4O. The van der Waals surface area contributed by atoms with E-state index in [0.29, 0.717) is 13.0 Å². The molecule has 4 rings (SSSR count). The number of hydrogen-bond acceptors (Lipinski definition) is 3. The van der Waals surface area contributed by atoms with Crippen LogP contribution in [0.15, 0.2) is 65.1 Å². The summed E-state index contributed by atoms with van der Waals surface area (Å²) in [5.41, 5.74) is 1.75. The minimum Gasteiger partial charge on any atom is -0.363 e. The van der Waals surface area contributed by atoms with E-state index in [1.807, 2.05) is 30.3 Å². The van der Waals surface area contributed by atoms with Crippen molar-refractivity contribution in [2.45, 2.75) is 31.1 Å². The Morgan fingerprint density at radius 2 is 1.87 bits per heavy atom. The van der Waals surface area contributed by atoms with Crippen LogP contribution in [-0.2, 0) is 6.42 Å². The van der Waals surface area contributed by atoms with Crippen molar-refractivity contribution in [1.82, 2.24) is 15.1 Å². The normalized spacial score (nSPS) is 18.2. The summed E-state index contributed by atoms with van der Waals surface area (Å²) in [4.78, 5) is 12.5. The molecule has 3 aromatic rings. The fraction of sp³-hybridized carbons (Fsp3) is 0.273. The molecule has 2 N–H and O–H groups in total. The third-order valence-corrected chi connectivity index (χ3v) is 5.77. The predicted octanol–water partition coefficient (Wildman–Crippen LogP) is 5.28. The molecule has 0 aliphatic carbocycles. The number of amides is 1. The number of nitrogens with one attached hydrogen (secondary N) is 2. The zero-order valence-electron chi connectivity index (χ0n) is 16.4. The molecule has 1 amide bonds. The van der Waals surface area contributed by atoms with Gasteiger partial charge in [0.15, 0.2) is 11.7 Å². The number of rotatable bonds is 5. The number of fused-ring (bicyclic) bond motifs is 1. The standard InChI is InChI=1S/C22H20BrF3N4O/c23-16-8-6-15(7-9-16)17-12-19(22(24,25)26)30-20(28-17)13-18(29-30)21(31)27-11-10-14-4-2-1-3-5-14/h1-9,13,17,19,28H,10-12H2,(H,27,31). The summed E-state index contributed by atoms with van der Waals surface area (Å²) in [6.45, 7) is 0.364. The number of alkyl halides is 3. The Morgan fingerprint density at radius 3 is 2.55 bits per heavy atom. The molecule has 0 fully saturated rings. The molecule has 0 bridgehead atoms. The second-order valence-electron chi connectivity index (χ2n) is 7.39. The third-order valence-electron chi connectivity index (χ3n) is 5.24. The maximum Gasteiger partial charge on any atom is 0.410 e. The minimum absolute atomic E-state index is 0.0405. The molecule has 2 aromatic carbocycles. The van der Waals surface area contributed by atoms with Gasteiger partial charge in [0.1, 0.15) is 5.82 Å². The molecule has 1 aliphatic rings. The molecule has 1 aromatic heterocycles. The summed E-state index contributed by atoms with van der Waals surface area (Å²) in [5.74, 6) is -0.324. The monoisotopic (exact) mass is 492 g/mol. The van der Waals surface area contributed by atoms with E-state index in [1.165, 1.54) is 6.07 Å². The summed E-state index contributed by atoms with van der Waals surface area (Å²) in [5, 5.41) is 9.81. The van der Waals surface area contributed by atoms with Gasteiger partial charge in [-0.1, -0.05) is 58.4 Å². The van der Waals surface area contributed by atoms with Crippen LogP contribution in [0.2, 0.25) is 0 Å². The summed E-state index contributed by atoms with van der Waals surface area (Å²) < 4.78 is 43.1. The van der Waals surface area contributed by atoms with Crippen molar-refractivity contribution in [2.24, 2.45) is 0 Å². The van der Waals surface area contributed by atoms with Crippen molar-refractivity contribution in [3.63, 3.8) is 0 Å². The van der Waals surface area contributed by atoms with Gasteiger partial charge in [0, 0.05) is 23.5 Å². The summed E-state index contributed by atoms with van der Waals surface area (Å²) >= 11 is 3.33. The van der Waals surface area contributed by atoms with Crippen molar-refractivity contribution in [2.75, 3.05) is 11.9 Å². The molecular weight excluding hydrogens is 473 g/mol. The maximum absolute atomic E-state index is 13.8. The van der Waals surface area contributed by atoms with Gasteiger partial charge in [0.05, 0.1) is 6.04 Å². The van der Waals surface area contributed by atoms with E-state index < -0.39 is 24.2 Å². The highest BCUT2D eigenvalue weighted by Crippen LogP contribution is 2.43. The van der Waals surface area contributed by atoms with Crippen LogP contribution in [0.3, 0.4) is 0 Å². The van der Waals surface area contributed by atoms with Crippen molar-refractivity contribution in [3.8, 4) is 0 Å². The summed E-state index contributed by atoms with van der Waals surface area (Å²) in [6.07, 6.45) is -4.08. The lowest BCUT2D eigenvalue weighted by Crippen LogP contribution is -2.35. The molecule has 2 heterocycles. The molecule has 31 heavy (non-hydrogen) atoms. The first-order chi connectivity index (χ1) is 14.8. The zero-order valence-corrected chi connectivity index (χ0v) is 18.0. The number of carbonyl (C=O) groups is 1. The fourth-order valence-corrected chi connectivity index (χ4v) is 3.92. The number of aromatic nitrogens is 2. The lowest BCUT2D eigenvalue weighted by Gasteiger charge is -2.33. The Labute approximate surface area is 185 Å². The molecule has 9 heteroatoms. The SMILES string of the molecule is O=C(NCCc1ccccc1)c1cc2n(n1)C(C(F)(F)F)CC(c1ccc(Br)cc1)N2. The van der Waals surface area contributed by atoms with E-state index in [-0.39, 0.29) is 17.9 Å². The molecule has 0 saturated carbocycles. The molecule has 0 spiro atoms. The van der Waals surface area contributed by atoms with Crippen LogP contribution >= 0.6 is 15.9 Å². The van der Waals surface area contributed by atoms with E-state index in [4.69, 9.17) is 0 Å². The Bertz CT molecular complexity index is 1050. The van der Waals surface area contributed by atoms with E-state index in [9.17, 15) is 18.0 Å². The van der Waals surface area contributed by atoms with Crippen molar-refractivity contribution in [1.29, 1.82) is 0 Å². The Kier molecular flexibility index (Phi) is 6.04. The average molecular weight is 493 g/mol. The smallest absolute Gasteiger partial charge is 0.363 e. The number of halogens is 4. The van der Waals surface area contributed by atoms with Crippen LogP contribution in [0.1, 0.15) is 40.1 Å². The summed E-state index contributed by atoms with van der Waals surface area (Å²) in [6, 6.07) is 15.8. The molecule has 0 saturated heterocycles. The van der Waals surface area contributed by atoms with Gasteiger partial charge in [-0.25, -0.2) is 4.68 Å². The van der Waals surface area contributed by atoms with Crippen LogP contribution in [0.5, 0.6) is 0 Å². The number of benzene rings is 2. The van der Waals surface area contributed by atoms with Crippen molar-refractivity contribution >= 4 is 27.7 Å². The zero-order chi connectivity index (χ0) is 22.0.